The van der Waals surface area contributed by atoms with Crippen LogP contribution in [0.4, 0.5) is 0 Å². The van der Waals surface area contributed by atoms with Gasteiger partial charge in [-0.3, -0.25) is 4.79 Å². The molecule has 6 nitrogen and oxygen atoms in total. The van der Waals surface area contributed by atoms with Crippen LogP contribution in [0.3, 0.4) is 0 Å². The molecule has 0 unspecified atom stereocenters. The average Bonchev–Trinajstić information content (AvgIpc) is 2.57. The first kappa shape index (κ1) is 22.6. The number of carboxylic acids is 1. The Morgan fingerprint density at radius 1 is 1.23 bits per heavy atom. The number of aliphatic hydroxyl groups excluding tert-OH is 3. The summed E-state index contributed by atoms with van der Waals surface area (Å²) in [6.07, 6.45) is 11.8. The molecule has 1 rings (SSSR count). The maximum atomic E-state index is 10.5. The van der Waals surface area contributed by atoms with Crippen molar-refractivity contribution in [1.29, 1.82) is 0 Å². The zero-order valence-electron chi connectivity index (χ0n) is 15.4. The lowest BCUT2D eigenvalue weighted by Gasteiger charge is -2.36. The standard InChI is InChI=1S/C20H32O6/c1-2-3-6-9-15(21)12-13-18-16(17(22)14-20(25)26-18)10-7-4-5-8-11-19(23)24/h3-4,6-7,12-13,15-18,20-22,25H,2,5,8-11,14H2,1H3,(H,23,24)/b6-3-,7-4-,13-12+/t15-,16+,17-,18-,20-/m1/s1. The molecule has 4 N–H and O–H groups in total. The molecule has 0 spiro atoms. The van der Waals surface area contributed by atoms with Gasteiger partial charge in [-0.15, -0.1) is 0 Å². The van der Waals surface area contributed by atoms with Gasteiger partial charge >= 0.3 is 5.97 Å². The molecule has 0 aromatic heterocycles. The molecule has 0 aromatic carbocycles. The van der Waals surface area contributed by atoms with E-state index < -0.39 is 30.6 Å². The van der Waals surface area contributed by atoms with Crippen LogP contribution in [0.25, 0.3) is 0 Å². The summed E-state index contributed by atoms with van der Waals surface area (Å²) in [6.45, 7) is 2.02. The first-order valence-electron chi connectivity index (χ1n) is 9.33. The predicted molar refractivity (Wildman–Crippen MR) is 99.4 cm³/mol. The van der Waals surface area contributed by atoms with Crippen LogP contribution in [0, 0.1) is 5.92 Å². The van der Waals surface area contributed by atoms with Gasteiger partial charge in [0.05, 0.1) is 18.3 Å². The quantitative estimate of drug-likeness (QED) is 0.330. The molecule has 148 valence electrons. The lowest BCUT2D eigenvalue weighted by molar-refractivity contribution is -0.199. The van der Waals surface area contributed by atoms with Crippen LogP contribution >= 0.6 is 0 Å². The molecule has 5 atom stereocenters. The highest BCUT2D eigenvalue weighted by molar-refractivity contribution is 5.66. The Morgan fingerprint density at radius 3 is 2.69 bits per heavy atom. The van der Waals surface area contributed by atoms with Crippen LogP contribution in [0.5, 0.6) is 0 Å². The summed E-state index contributed by atoms with van der Waals surface area (Å²) < 4.78 is 5.52. The lowest BCUT2D eigenvalue weighted by Crippen LogP contribution is -2.43. The third kappa shape index (κ3) is 9.29. The summed E-state index contributed by atoms with van der Waals surface area (Å²) in [6, 6.07) is 0. The Kier molecular flexibility index (Phi) is 11.1. The molecule has 0 radical (unpaired) electrons. The molecule has 0 amide bonds. The monoisotopic (exact) mass is 368 g/mol. The lowest BCUT2D eigenvalue weighted by atomic mass is 9.87. The molecular formula is C20H32O6. The maximum absolute atomic E-state index is 10.5. The van der Waals surface area contributed by atoms with E-state index in [9.17, 15) is 20.1 Å². The van der Waals surface area contributed by atoms with Gasteiger partial charge in [0.15, 0.2) is 6.29 Å². The number of hydrogen-bond donors (Lipinski definition) is 4. The molecule has 1 saturated heterocycles. The summed E-state index contributed by atoms with van der Waals surface area (Å²) in [4.78, 5) is 10.5. The van der Waals surface area contributed by atoms with Crippen molar-refractivity contribution in [1.82, 2.24) is 0 Å². The minimum atomic E-state index is -1.02. The molecule has 0 aliphatic carbocycles. The highest BCUT2D eigenvalue weighted by Gasteiger charge is 2.35. The molecule has 1 fully saturated rings. The van der Waals surface area contributed by atoms with Gasteiger partial charge in [0.25, 0.3) is 0 Å². The van der Waals surface area contributed by atoms with E-state index in [2.05, 4.69) is 0 Å². The molecule has 26 heavy (non-hydrogen) atoms. The highest BCUT2D eigenvalue weighted by Crippen LogP contribution is 2.29. The van der Waals surface area contributed by atoms with Gasteiger partial charge in [0.1, 0.15) is 0 Å². The van der Waals surface area contributed by atoms with Gasteiger partial charge in [-0.05, 0) is 32.1 Å². The van der Waals surface area contributed by atoms with Gasteiger partial charge in [0.2, 0.25) is 0 Å². The fourth-order valence-corrected chi connectivity index (χ4v) is 2.88. The first-order valence-corrected chi connectivity index (χ1v) is 9.33. The number of ether oxygens (including phenoxy) is 1. The number of aliphatic hydroxyl groups is 3. The van der Waals surface area contributed by atoms with Crippen molar-refractivity contribution in [3.8, 4) is 0 Å². The summed E-state index contributed by atoms with van der Waals surface area (Å²) in [5.41, 5.74) is 0. The summed E-state index contributed by atoms with van der Waals surface area (Å²) >= 11 is 0. The number of carboxylic acid groups (broad SMARTS) is 1. The van der Waals surface area contributed by atoms with E-state index in [1.807, 2.05) is 31.2 Å². The van der Waals surface area contributed by atoms with Crippen LogP contribution in [0.1, 0.15) is 51.9 Å². The first-order chi connectivity index (χ1) is 12.4. The number of allylic oxidation sites excluding steroid dienone is 3. The van der Waals surface area contributed by atoms with Crippen molar-refractivity contribution < 1.29 is 30.0 Å². The zero-order valence-corrected chi connectivity index (χ0v) is 15.4. The van der Waals surface area contributed by atoms with Crippen LogP contribution in [0.2, 0.25) is 0 Å². The summed E-state index contributed by atoms with van der Waals surface area (Å²) in [5.74, 6) is -1.02. The minimum absolute atomic E-state index is 0.140. The van der Waals surface area contributed by atoms with Crippen molar-refractivity contribution in [3.05, 3.63) is 36.5 Å². The van der Waals surface area contributed by atoms with Crippen LogP contribution in [-0.2, 0) is 9.53 Å². The summed E-state index contributed by atoms with van der Waals surface area (Å²) in [5, 5.41) is 38.6. The molecule has 1 aliphatic rings. The number of rotatable bonds is 11. The maximum Gasteiger partial charge on any atom is 0.303 e. The normalized spacial score (nSPS) is 28.3. The Balaban J connectivity index is 2.56. The highest BCUT2D eigenvalue weighted by atomic mass is 16.6. The van der Waals surface area contributed by atoms with Crippen molar-refractivity contribution in [3.63, 3.8) is 0 Å². The number of unbranched alkanes of at least 4 members (excludes halogenated alkanes) is 1. The molecule has 6 heteroatoms. The van der Waals surface area contributed by atoms with E-state index in [4.69, 9.17) is 9.84 Å². The molecule has 1 aliphatic heterocycles. The molecule has 0 bridgehead atoms. The largest absolute Gasteiger partial charge is 0.481 e. The number of carbonyl (C=O) groups is 1. The summed E-state index contributed by atoms with van der Waals surface area (Å²) in [7, 11) is 0. The minimum Gasteiger partial charge on any atom is -0.481 e. The van der Waals surface area contributed by atoms with Gasteiger partial charge < -0.3 is 25.2 Å². The Labute approximate surface area is 155 Å². The molecule has 0 saturated carbocycles. The van der Waals surface area contributed by atoms with Crippen molar-refractivity contribution >= 4 is 5.97 Å². The molecule has 1 heterocycles. The van der Waals surface area contributed by atoms with Gasteiger partial charge in [-0.25, -0.2) is 0 Å². The predicted octanol–water partition coefficient (Wildman–Crippen LogP) is 2.55. The third-order valence-corrected chi connectivity index (χ3v) is 4.31. The van der Waals surface area contributed by atoms with Gasteiger partial charge in [-0.2, -0.15) is 0 Å². The smallest absolute Gasteiger partial charge is 0.303 e. The Hall–Kier alpha value is -1.47. The second-order valence-electron chi connectivity index (χ2n) is 6.58. The van der Waals surface area contributed by atoms with E-state index >= 15 is 0 Å². The van der Waals surface area contributed by atoms with Gasteiger partial charge in [-0.1, -0.05) is 43.4 Å². The second kappa shape index (κ2) is 12.8. The number of hydrogen-bond acceptors (Lipinski definition) is 5. The zero-order chi connectivity index (χ0) is 19.4. The topological polar surface area (TPSA) is 107 Å². The van der Waals surface area contributed by atoms with E-state index in [1.54, 1.807) is 12.2 Å². The molecular weight excluding hydrogens is 336 g/mol. The van der Waals surface area contributed by atoms with Crippen LogP contribution in [-0.4, -0.2) is 51.0 Å². The van der Waals surface area contributed by atoms with Crippen molar-refractivity contribution in [2.75, 3.05) is 0 Å². The van der Waals surface area contributed by atoms with Crippen molar-refractivity contribution in [2.45, 2.75) is 76.5 Å². The SMILES string of the molecule is CC/C=C\C[C@@H](O)/C=C/[C@H]1O[C@@H](O)C[C@@H](O)[C@@H]1C/C=C\CCCC(=O)O. The Bertz CT molecular complexity index is 485. The van der Waals surface area contributed by atoms with E-state index in [0.29, 0.717) is 25.7 Å². The number of aliphatic carboxylic acids is 1. The van der Waals surface area contributed by atoms with E-state index in [1.165, 1.54) is 0 Å². The molecule has 0 aromatic rings. The van der Waals surface area contributed by atoms with Gasteiger partial charge in [0, 0.05) is 18.8 Å². The third-order valence-electron chi connectivity index (χ3n) is 4.31. The Morgan fingerprint density at radius 2 is 2.00 bits per heavy atom. The van der Waals surface area contributed by atoms with E-state index in [0.717, 1.165) is 6.42 Å². The fourth-order valence-electron chi connectivity index (χ4n) is 2.88. The second-order valence-corrected chi connectivity index (χ2v) is 6.58. The average molecular weight is 368 g/mol. The van der Waals surface area contributed by atoms with Crippen molar-refractivity contribution in [2.24, 2.45) is 5.92 Å². The fraction of sp³-hybridized carbons (Fsp3) is 0.650. The van der Waals surface area contributed by atoms with E-state index in [-0.39, 0.29) is 18.8 Å². The van der Waals surface area contributed by atoms with Crippen LogP contribution < -0.4 is 0 Å². The van der Waals surface area contributed by atoms with Crippen LogP contribution in [0.15, 0.2) is 36.5 Å².